The average Bonchev–Trinajstić information content (AvgIpc) is 3.13. The fourth-order valence-electron chi connectivity index (χ4n) is 3.00. The highest BCUT2D eigenvalue weighted by Gasteiger charge is 2.24. The summed E-state index contributed by atoms with van der Waals surface area (Å²) in [7, 11) is 3.37. The van der Waals surface area contributed by atoms with Crippen LogP contribution in [0.15, 0.2) is 23.2 Å². The summed E-state index contributed by atoms with van der Waals surface area (Å²) < 4.78 is 10.8. The summed E-state index contributed by atoms with van der Waals surface area (Å²) in [5.74, 6) is 3.71. The molecule has 1 saturated heterocycles. The molecule has 1 aromatic carbocycles. The highest BCUT2D eigenvalue weighted by Crippen LogP contribution is 2.30. The summed E-state index contributed by atoms with van der Waals surface area (Å²) in [5, 5.41) is 6.93. The van der Waals surface area contributed by atoms with Crippen LogP contribution in [0.1, 0.15) is 19.8 Å². The molecule has 2 rings (SSSR count). The fraction of sp³-hybridized carbons (Fsp3) is 0.632. The summed E-state index contributed by atoms with van der Waals surface area (Å²) in [6.07, 6.45) is 4.32. The van der Waals surface area contributed by atoms with Crippen LogP contribution in [0.5, 0.6) is 11.5 Å². The van der Waals surface area contributed by atoms with Crippen LogP contribution >= 0.6 is 11.8 Å². The third-order valence-electron chi connectivity index (χ3n) is 4.35. The zero-order valence-electron chi connectivity index (χ0n) is 16.4. The Morgan fingerprint density at radius 3 is 2.62 bits per heavy atom. The van der Waals surface area contributed by atoms with Crippen molar-refractivity contribution in [2.75, 3.05) is 57.3 Å². The number of benzene rings is 1. The predicted octanol–water partition coefficient (Wildman–Crippen LogP) is 2.59. The fourth-order valence-corrected chi connectivity index (χ4v) is 3.42. The Balaban J connectivity index is 1.96. The van der Waals surface area contributed by atoms with Crippen molar-refractivity contribution in [2.45, 2.75) is 25.8 Å². The lowest BCUT2D eigenvalue weighted by Crippen LogP contribution is -2.44. The second-order valence-electron chi connectivity index (χ2n) is 6.25. The number of thioether (sulfide) groups is 1. The van der Waals surface area contributed by atoms with Gasteiger partial charge in [0.2, 0.25) is 0 Å². The zero-order valence-corrected chi connectivity index (χ0v) is 17.2. The normalized spacial score (nSPS) is 17.3. The Morgan fingerprint density at radius 2 is 2.00 bits per heavy atom. The average molecular weight is 381 g/mol. The van der Waals surface area contributed by atoms with Gasteiger partial charge < -0.3 is 25.0 Å². The minimum Gasteiger partial charge on any atom is -0.497 e. The lowest BCUT2D eigenvalue weighted by Gasteiger charge is -2.21. The van der Waals surface area contributed by atoms with Crippen LogP contribution in [0.3, 0.4) is 0 Å². The number of hydrogen-bond donors (Lipinski definition) is 2. The van der Waals surface area contributed by atoms with Gasteiger partial charge >= 0.3 is 0 Å². The Kier molecular flexibility index (Phi) is 8.74. The van der Waals surface area contributed by atoms with Crippen LogP contribution in [0.25, 0.3) is 0 Å². The molecule has 1 aromatic rings. The van der Waals surface area contributed by atoms with Crippen LogP contribution in [0.2, 0.25) is 0 Å². The number of anilines is 1. The van der Waals surface area contributed by atoms with E-state index in [9.17, 15) is 0 Å². The lowest BCUT2D eigenvalue weighted by atomic mass is 10.2. The number of aliphatic imine (C=N–C) groups is 1. The van der Waals surface area contributed by atoms with Gasteiger partial charge in [0.25, 0.3) is 0 Å². The molecule has 0 radical (unpaired) electrons. The first-order chi connectivity index (χ1) is 12.7. The predicted molar refractivity (Wildman–Crippen MR) is 112 cm³/mol. The van der Waals surface area contributed by atoms with Crippen LogP contribution in [0.4, 0.5) is 5.69 Å². The van der Waals surface area contributed by atoms with E-state index in [1.165, 1.54) is 0 Å². The minimum atomic E-state index is 0.380. The summed E-state index contributed by atoms with van der Waals surface area (Å²) in [6, 6.07) is 6.41. The number of nitrogens with zero attached hydrogens (tertiary/aromatic N) is 2. The number of guanidine groups is 1. The molecule has 1 fully saturated rings. The highest BCUT2D eigenvalue weighted by molar-refractivity contribution is 7.98. The maximum Gasteiger partial charge on any atom is 0.191 e. The third kappa shape index (κ3) is 6.20. The molecule has 26 heavy (non-hydrogen) atoms. The van der Waals surface area contributed by atoms with E-state index >= 15 is 0 Å². The molecule has 1 heterocycles. The van der Waals surface area contributed by atoms with Gasteiger partial charge in [0.05, 0.1) is 14.2 Å². The maximum absolute atomic E-state index is 5.39. The molecule has 1 aliphatic heterocycles. The second kappa shape index (κ2) is 11.1. The third-order valence-corrected chi connectivity index (χ3v) is 5.05. The number of methoxy groups -OCH3 is 2. The van der Waals surface area contributed by atoms with Crippen LogP contribution < -0.4 is 25.0 Å². The number of hydrogen-bond acceptors (Lipinski definition) is 5. The van der Waals surface area contributed by atoms with E-state index in [4.69, 9.17) is 9.47 Å². The summed E-state index contributed by atoms with van der Waals surface area (Å²) in [6.45, 7) is 5.77. The van der Waals surface area contributed by atoms with Crippen molar-refractivity contribution < 1.29 is 9.47 Å². The summed E-state index contributed by atoms with van der Waals surface area (Å²) >= 11 is 1.87. The molecule has 0 aliphatic carbocycles. The van der Waals surface area contributed by atoms with Crippen LogP contribution in [-0.4, -0.2) is 64.4 Å². The first-order valence-corrected chi connectivity index (χ1v) is 10.6. The molecule has 1 aliphatic rings. The highest BCUT2D eigenvalue weighted by atomic mass is 32.2. The molecular formula is C19H32N4O2S. The zero-order chi connectivity index (χ0) is 18.8. The number of nitrogens with one attached hydrogen (secondary N) is 2. The van der Waals surface area contributed by atoms with Crippen molar-refractivity contribution in [3.05, 3.63) is 18.2 Å². The minimum absolute atomic E-state index is 0.380. The first kappa shape index (κ1) is 20.6. The van der Waals surface area contributed by atoms with E-state index in [2.05, 4.69) is 45.8 Å². The van der Waals surface area contributed by atoms with Crippen molar-refractivity contribution in [1.82, 2.24) is 10.6 Å². The van der Waals surface area contributed by atoms with Gasteiger partial charge in [-0.3, -0.25) is 4.99 Å². The van der Waals surface area contributed by atoms with Crippen molar-refractivity contribution >= 4 is 23.4 Å². The molecule has 1 unspecified atom stereocenters. The van der Waals surface area contributed by atoms with E-state index in [0.717, 1.165) is 67.9 Å². The first-order valence-electron chi connectivity index (χ1n) is 9.22. The Labute approximate surface area is 161 Å². The van der Waals surface area contributed by atoms with Gasteiger partial charge in [0.1, 0.15) is 11.5 Å². The van der Waals surface area contributed by atoms with Crippen molar-refractivity contribution in [3.8, 4) is 11.5 Å². The molecule has 2 N–H and O–H groups in total. The molecule has 1 atom stereocenters. The molecule has 6 nitrogen and oxygen atoms in total. The lowest BCUT2D eigenvalue weighted by molar-refractivity contribution is 0.394. The van der Waals surface area contributed by atoms with Gasteiger partial charge in [-0.2, -0.15) is 11.8 Å². The molecule has 0 amide bonds. The molecule has 0 bridgehead atoms. The van der Waals surface area contributed by atoms with E-state index in [1.54, 1.807) is 14.2 Å². The van der Waals surface area contributed by atoms with Gasteiger partial charge in [-0.15, -0.1) is 0 Å². The van der Waals surface area contributed by atoms with E-state index in [1.807, 2.05) is 17.8 Å². The topological polar surface area (TPSA) is 58.1 Å². The standard InChI is InChI=1S/C19H32N4O2S/c1-5-20-19(21-8-6-10-26-4)22-15-7-9-23(14-15)16-11-17(24-2)13-18(12-16)25-3/h11-13,15H,5-10,14H2,1-4H3,(H2,20,21,22). The Bertz CT molecular complexity index is 560. The Morgan fingerprint density at radius 1 is 1.27 bits per heavy atom. The van der Waals surface area contributed by atoms with Crippen LogP contribution in [0, 0.1) is 0 Å². The molecule has 0 saturated carbocycles. The SMILES string of the molecule is CCNC(=NCCCSC)NC1CCN(c2cc(OC)cc(OC)c2)C1. The molecule has 146 valence electrons. The van der Waals surface area contributed by atoms with Gasteiger partial charge in [0.15, 0.2) is 5.96 Å². The number of ether oxygens (including phenoxy) is 2. The number of rotatable bonds is 9. The second-order valence-corrected chi connectivity index (χ2v) is 7.24. The van der Waals surface area contributed by atoms with Crippen molar-refractivity contribution in [3.63, 3.8) is 0 Å². The largest absolute Gasteiger partial charge is 0.497 e. The van der Waals surface area contributed by atoms with Crippen molar-refractivity contribution in [1.29, 1.82) is 0 Å². The van der Waals surface area contributed by atoms with Gasteiger partial charge in [0, 0.05) is 56.1 Å². The molecule has 0 aromatic heterocycles. The Hall–Kier alpha value is -1.76. The van der Waals surface area contributed by atoms with Gasteiger partial charge in [-0.25, -0.2) is 0 Å². The van der Waals surface area contributed by atoms with E-state index in [0.29, 0.717) is 6.04 Å². The monoisotopic (exact) mass is 380 g/mol. The van der Waals surface area contributed by atoms with E-state index < -0.39 is 0 Å². The van der Waals surface area contributed by atoms with Crippen LogP contribution in [-0.2, 0) is 0 Å². The smallest absolute Gasteiger partial charge is 0.191 e. The molecular weight excluding hydrogens is 348 g/mol. The van der Waals surface area contributed by atoms with E-state index in [-0.39, 0.29) is 0 Å². The van der Waals surface area contributed by atoms with Gasteiger partial charge in [-0.1, -0.05) is 0 Å². The quantitative estimate of drug-likeness (QED) is 0.390. The van der Waals surface area contributed by atoms with Crippen molar-refractivity contribution in [2.24, 2.45) is 4.99 Å². The maximum atomic E-state index is 5.39. The molecule has 0 spiro atoms. The van der Waals surface area contributed by atoms with Gasteiger partial charge in [-0.05, 0) is 31.8 Å². The summed E-state index contributed by atoms with van der Waals surface area (Å²) in [5.41, 5.74) is 1.13. The summed E-state index contributed by atoms with van der Waals surface area (Å²) in [4.78, 5) is 7.05. The molecule has 7 heteroatoms.